The Morgan fingerprint density at radius 3 is 2.31 bits per heavy atom. The van der Waals surface area contributed by atoms with E-state index < -0.39 is 0 Å². The van der Waals surface area contributed by atoms with Crippen molar-refractivity contribution in [3.8, 4) is 0 Å². The number of Topliss-reactive ketones (excluding diaryl/α,β-unsaturated/α-hetero) is 1. The van der Waals surface area contributed by atoms with Crippen LogP contribution >= 0.6 is 0 Å². The molecule has 0 bridgehead atoms. The van der Waals surface area contributed by atoms with Crippen molar-refractivity contribution in [3.05, 3.63) is 34.9 Å². The summed E-state index contributed by atoms with van der Waals surface area (Å²) in [7, 11) is 0. The van der Waals surface area contributed by atoms with E-state index in [1.807, 2.05) is 32.0 Å². The van der Waals surface area contributed by atoms with E-state index in [4.69, 9.17) is 0 Å². The number of carbonyl (C=O) groups is 1. The number of hydrogen-bond acceptors (Lipinski definition) is 1. The van der Waals surface area contributed by atoms with Gasteiger partial charge in [0.05, 0.1) is 0 Å². The highest BCUT2D eigenvalue weighted by Crippen LogP contribution is 2.29. The average molecular weight is 216 g/mol. The lowest BCUT2D eigenvalue weighted by molar-refractivity contribution is 0.0961. The third-order valence-corrected chi connectivity index (χ3v) is 3.71. The molecule has 0 heterocycles. The molecular weight excluding hydrogens is 196 g/mol. The van der Waals surface area contributed by atoms with Gasteiger partial charge in [0.25, 0.3) is 0 Å². The molecule has 1 aliphatic rings. The maximum Gasteiger partial charge on any atom is 0.163 e. The van der Waals surface area contributed by atoms with E-state index in [1.54, 1.807) is 0 Å². The second-order valence-corrected chi connectivity index (χ2v) is 5.04. The Morgan fingerprint density at radius 2 is 1.75 bits per heavy atom. The number of carbonyl (C=O) groups excluding carboxylic acids is 1. The second kappa shape index (κ2) is 4.82. The largest absolute Gasteiger partial charge is 0.294 e. The van der Waals surface area contributed by atoms with Crippen molar-refractivity contribution in [1.82, 2.24) is 0 Å². The molecule has 1 nitrogen and oxygen atoms in total. The fraction of sp³-hybridized carbons (Fsp3) is 0.533. The van der Waals surface area contributed by atoms with Crippen molar-refractivity contribution in [2.75, 3.05) is 0 Å². The van der Waals surface area contributed by atoms with E-state index in [-0.39, 0.29) is 0 Å². The first-order valence-electron chi connectivity index (χ1n) is 6.28. The van der Waals surface area contributed by atoms with Crippen LogP contribution in [0.5, 0.6) is 0 Å². The van der Waals surface area contributed by atoms with Gasteiger partial charge in [0.1, 0.15) is 0 Å². The van der Waals surface area contributed by atoms with Crippen LogP contribution in [0, 0.1) is 19.8 Å². The van der Waals surface area contributed by atoms with Gasteiger partial charge >= 0.3 is 0 Å². The number of aryl methyl sites for hydroxylation is 2. The van der Waals surface area contributed by atoms with Crippen LogP contribution in [0.1, 0.15) is 53.6 Å². The van der Waals surface area contributed by atoms with Gasteiger partial charge in [0.2, 0.25) is 0 Å². The maximum absolute atomic E-state index is 12.2. The highest BCUT2D eigenvalue weighted by Gasteiger charge is 2.20. The molecule has 0 atom stereocenters. The molecule has 0 radical (unpaired) electrons. The van der Waals surface area contributed by atoms with Gasteiger partial charge in [-0.2, -0.15) is 0 Å². The molecule has 0 aliphatic heterocycles. The molecule has 0 amide bonds. The van der Waals surface area contributed by atoms with Gasteiger partial charge in [0, 0.05) is 12.0 Å². The highest BCUT2D eigenvalue weighted by atomic mass is 16.1. The van der Waals surface area contributed by atoms with E-state index in [1.165, 1.54) is 25.7 Å². The topological polar surface area (TPSA) is 17.1 Å². The lowest BCUT2D eigenvalue weighted by Gasteiger charge is -2.11. The predicted octanol–water partition coefficient (Wildman–Crippen LogP) is 4.07. The summed E-state index contributed by atoms with van der Waals surface area (Å²) in [6.45, 7) is 4.07. The zero-order valence-electron chi connectivity index (χ0n) is 10.3. The third-order valence-electron chi connectivity index (χ3n) is 3.71. The molecule has 1 heteroatoms. The molecular formula is C15H20O. The van der Waals surface area contributed by atoms with Gasteiger partial charge in [-0.3, -0.25) is 4.79 Å². The standard InChI is InChI=1S/C15H20O/c1-11-6-5-7-12(2)15(11)14(16)10-13-8-3-4-9-13/h5-7,13H,3-4,8-10H2,1-2H3. The molecule has 2 rings (SSSR count). The molecule has 0 N–H and O–H groups in total. The Morgan fingerprint density at radius 1 is 1.19 bits per heavy atom. The molecule has 1 fully saturated rings. The summed E-state index contributed by atoms with van der Waals surface area (Å²) in [5.74, 6) is 0.994. The summed E-state index contributed by atoms with van der Waals surface area (Å²) < 4.78 is 0. The van der Waals surface area contributed by atoms with Crippen molar-refractivity contribution in [2.24, 2.45) is 5.92 Å². The predicted molar refractivity (Wildman–Crippen MR) is 66.8 cm³/mol. The molecule has 1 saturated carbocycles. The fourth-order valence-electron chi connectivity index (χ4n) is 2.83. The van der Waals surface area contributed by atoms with Gasteiger partial charge < -0.3 is 0 Å². The minimum atomic E-state index is 0.350. The Bertz CT molecular complexity index is 366. The zero-order valence-corrected chi connectivity index (χ0v) is 10.3. The molecule has 0 unspecified atom stereocenters. The molecule has 0 spiro atoms. The van der Waals surface area contributed by atoms with Gasteiger partial charge in [-0.25, -0.2) is 0 Å². The van der Waals surface area contributed by atoms with Gasteiger partial charge in [0.15, 0.2) is 5.78 Å². The van der Waals surface area contributed by atoms with Crippen LogP contribution in [-0.4, -0.2) is 5.78 Å². The fourth-order valence-corrected chi connectivity index (χ4v) is 2.83. The summed E-state index contributed by atoms with van der Waals surface area (Å²) in [5, 5.41) is 0. The number of hydrogen-bond donors (Lipinski definition) is 0. The average Bonchev–Trinajstić information content (AvgIpc) is 2.70. The van der Waals surface area contributed by atoms with E-state index in [0.29, 0.717) is 11.7 Å². The van der Waals surface area contributed by atoms with Crippen LogP contribution in [0.15, 0.2) is 18.2 Å². The summed E-state index contributed by atoms with van der Waals surface area (Å²) >= 11 is 0. The second-order valence-electron chi connectivity index (χ2n) is 5.04. The quantitative estimate of drug-likeness (QED) is 0.696. The molecule has 1 aromatic rings. The third kappa shape index (κ3) is 2.34. The normalized spacial score (nSPS) is 16.6. The van der Waals surface area contributed by atoms with E-state index in [0.717, 1.165) is 23.1 Å². The SMILES string of the molecule is Cc1cccc(C)c1C(=O)CC1CCCC1. The maximum atomic E-state index is 12.2. The smallest absolute Gasteiger partial charge is 0.163 e. The van der Waals surface area contributed by atoms with Crippen LogP contribution < -0.4 is 0 Å². The number of benzene rings is 1. The first-order valence-corrected chi connectivity index (χ1v) is 6.28. The first-order chi connectivity index (χ1) is 7.68. The lowest BCUT2D eigenvalue weighted by atomic mass is 9.92. The molecule has 16 heavy (non-hydrogen) atoms. The van der Waals surface area contributed by atoms with Crippen LogP contribution in [-0.2, 0) is 0 Å². The monoisotopic (exact) mass is 216 g/mol. The Hall–Kier alpha value is -1.11. The minimum absolute atomic E-state index is 0.350. The lowest BCUT2D eigenvalue weighted by Crippen LogP contribution is -2.09. The molecule has 1 aromatic carbocycles. The van der Waals surface area contributed by atoms with Crippen molar-refractivity contribution >= 4 is 5.78 Å². The summed E-state index contributed by atoms with van der Waals surface area (Å²) in [6.07, 6.45) is 5.87. The minimum Gasteiger partial charge on any atom is -0.294 e. The van der Waals surface area contributed by atoms with Crippen molar-refractivity contribution in [3.63, 3.8) is 0 Å². The number of rotatable bonds is 3. The summed E-state index contributed by atoms with van der Waals surface area (Å²) in [6, 6.07) is 6.10. The van der Waals surface area contributed by atoms with E-state index in [9.17, 15) is 4.79 Å². The van der Waals surface area contributed by atoms with E-state index in [2.05, 4.69) is 0 Å². The van der Waals surface area contributed by atoms with Gasteiger partial charge in [-0.15, -0.1) is 0 Å². The van der Waals surface area contributed by atoms with Crippen molar-refractivity contribution in [2.45, 2.75) is 46.0 Å². The van der Waals surface area contributed by atoms with Crippen molar-refractivity contribution < 1.29 is 4.79 Å². The van der Waals surface area contributed by atoms with Crippen LogP contribution in [0.2, 0.25) is 0 Å². The summed E-state index contributed by atoms with van der Waals surface area (Å²) in [5.41, 5.74) is 3.22. The summed E-state index contributed by atoms with van der Waals surface area (Å²) in [4.78, 5) is 12.2. The molecule has 1 aliphatic carbocycles. The first kappa shape index (κ1) is 11.4. The Labute approximate surface area is 97.9 Å². The molecule has 86 valence electrons. The molecule has 0 aromatic heterocycles. The zero-order chi connectivity index (χ0) is 11.5. The highest BCUT2D eigenvalue weighted by molar-refractivity contribution is 5.98. The van der Waals surface area contributed by atoms with Crippen LogP contribution in [0.25, 0.3) is 0 Å². The van der Waals surface area contributed by atoms with Gasteiger partial charge in [-0.05, 0) is 30.9 Å². The Balaban J connectivity index is 2.13. The van der Waals surface area contributed by atoms with Gasteiger partial charge in [-0.1, -0.05) is 43.9 Å². The molecule has 0 saturated heterocycles. The Kier molecular flexibility index (Phi) is 3.42. The van der Waals surface area contributed by atoms with E-state index >= 15 is 0 Å². The van der Waals surface area contributed by atoms with Crippen molar-refractivity contribution in [1.29, 1.82) is 0 Å². The van der Waals surface area contributed by atoms with Crippen LogP contribution in [0.3, 0.4) is 0 Å². The van der Waals surface area contributed by atoms with Crippen LogP contribution in [0.4, 0.5) is 0 Å². The number of ketones is 1.